The molecule has 1 fully saturated rings. The largest absolute Gasteiger partial charge is 0.325 e. The van der Waals surface area contributed by atoms with Crippen LogP contribution in [0.1, 0.15) is 24.1 Å². The second-order valence-corrected chi connectivity index (χ2v) is 5.31. The van der Waals surface area contributed by atoms with E-state index in [9.17, 15) is 9.18 Å². The lowest BCUT2D eigenvalue weighted by atomic mass is 9.80. The second-order valence-electron chi connectivity index (χ2n) is 5.31. The van der Waals surface area contributed by atoms with Crippen molar-refractivity contribution in [2.24, 2.45) is 0 Å². The first-order valence-electron chi connectivity index (χ1n) is 6.69. The summed E-state index contributed by atoms with van der Waals surface area (Å²) in [6, 6.07) is 18.5. The molecule has 20 heavy (non-hydrogen) atoms. The molecule has 1 aliphatic rings. The van der Waals surface area contributed by atoms with Crippen LogP contribution in [0.25, 0.3) is 0 Å². The van der Waals surface area contributed by atoms with Gasteiger partial charge < -0.3 is 4.90 Å². The third kappa shape index (κ3) is 1.99. The number of carbonyl (C=O) groups excluding carboxylic acids is 1. The van der Waals surface area contributed by atoms with Crippen molar-refractivity contribution < 1.29 is 9.18 Å². The van der Waals surface area contributed by atoms with Gasteiger partial charge in [0.1, 0.15) is 6.04 Å². The molecule has 2 nitrogen and oxygen atoms in total. The van der Waals surface area contributed by atoms with E-state index in [1.54, 1.807) is 4.90 Å². The Labute approximate surface area is 117 Å². The molecule has 2 aromatic carbocycles. The Morgan fingerprint density at radius 1 is 1.05 bits per heavy atom. The van der Waals surface area contributed by atoms with Crippen molar-refractivity contribution in [2.75, 3.05) is 0 Å². The molecule has 102 valence electrons. The highest BCUT2D eigenvalue weighted by Crippen LogP contribution is 2.46. The van der Waals surface area contributed by atoms with Crippen molar-refractivity contribution in [3.8, 4) is 0 Å². The monoisotopic (exact) mass is 269 g/mol. The van der Waals surface area contributed by atoms with Crippen molar-refractivity contribution in [1.82, 2.24) is 4.90 Å². The SMILES string of the molecule is C[C@]1(F)C(=O)N(Cc2ccccc2)[C@H]1c1ccccc1. The zero-order valence-electron chi connectivity index (χ0n) is 11.3. The van der Waals surface area contributed by atoms with Gasteiger partial charge in [0.15, 0.2) is 0 Å². The number of halogens is 1. The first kappa shape index (κ1) is 12.9. The van der Waals surface area contributed by atoms with Crippen LogP contribution in [0, 0.1) is 0 Å². The molecule has 0 saturated carbocycles. The lowest BCUT2D eigenvalue weighted by Crippen LogP contribution is -2.63. The molecule has 0 aromatic heterocycles. The van der Waals surface area contributed by atoms with Crippen LogP contribution in [0.5, 0.6) is 0 Å². The molecule has 0 spiro atoms. The molecule has 2 aromatic rings. The van der Waals surface area contributed by atoms with Crippen molar-refractivity contribution in [3.05, 3.63) is 71.8 Å². The predicted molar refractivity (Wildman–Crippen MR) is 75.7 cm³/mol. The zero-order chi connectivity index (χ0) is 14.2. The van der Waals surface area contributed by atoms with Crippen LogP contribution in [-0.4, -0.2) is 16.5 Å². The molecule has 0 radical (unpaired) electrons. The van der Waals surface area contributed by atoms with Crippen LogP contribution in [0.3, 0.4) is 0 Å². The van der Waals surface area contributed by atoms with E-state index in [0.717, 1.165) is 11.1 Å². The summed E-state index contributed by atoms with van der Waals surface area (Å²) in [5.41, 5.74) is 0.0427. The van der Waals surface area contributed by atoms with E-state index in [1.807, 2.05) is 60.7 Å². The lowest BCUT2D eigenvalue weighted by molar-refractivity contribution is -0.176. The summed E-state index contributed by atoms with van der Waals surface area (Å²) in [5, 5.41) is 0. The van der Waals surface area contributed by atoms with Crippen LogP contribution < -0.4 is 0 Å². The van der Waals surface area contributed by atoms with E-state index >= 15 is 0 Å². The summed E-state index contributed by atoms with van der Waals surface area (Å²) in [5.74, 6) is -0.435. The van der Waals surface area contributed by atoms with E-state index in [-0.39, 0.29) is 0 Å². The average molecular weight is 269 g/mol. The van der Waals surface area contributed by atoms with Gasteiger partial charge in [0.2, 0.25) is 5.67 Å². The Morgan fingerprint density at radius 2 is 1.60 bits per heavy atom. The summed E-state index contributed by atoms with van der Waals surface area (Å²) in [6.45, 7) is 1.81. The maximum atomic E-state index is 14.5. The number of alkyl halides is 1. The fraction of sp³-hybridized carbons (Fsp3) is 0.235. The molecule has 1 amide bonds. The molecule has 0 bridgehead atoms. The molecule has 0 aliphatic carbocycles. The van der Waals surface area contributed by atoms with Crippen LogP contribution >= 0.6 is 0 Å². The van der Waals surface area contributed by atoms with Gasteiger partial charge >= 0.3 is 0 Å². The fourth-order valence-corrected chi connectivity index (χ4v) is 2.81. The molecular weight excluding hydrogens is 253 g/mol. The van der Waals surface area contributed by atoms with Gasteiger partial charge in [-0.1, -0.05) is 60.7 Å². The normalized spacial score (nSPS) is 25.4. The Morgan fingerprint density at radius 3 is 2.20 bits per heavy atom. The molecule has 2 atom stereocenters. The zero-order valence-corrected chi connectivity index (χ0v) is 11.3. The van der Waals surface area contributed by atoms with E-state index in [1.165, 1.54) is 6.92 Å². The average Bonchev–Trinajstić information content (AvgIpc) is 2.48. The number of carbonyl (C=O) groups is 1. The summed E-state index contributed by atoms with van der Waals surface area (Å²) in [7, 11) is 0. The van der Waals surface area contributed by atoms with Gasteiger partial charge in [0, 0.05) is 6.54 Å². The quantitative estimate of drug-likeness (QED) is 0.781. The number of hydrogen-bond donors (Lipinski definition) is 0. The Bertz CT molecular complexity index is 609. The molecular formula is C17H16FNO. The summed E-state index contributed by atoms with van der Waals surface area (Å²) in [6.07, 6.45) is 0. The van der Waals surface area contributed by atoms with Gasteiger partial charge in [0.05, 0.1) is 0 Å². The van der Waals surface area contributed by atoms with Gasteiger partial charge in [0.25, 0.3) is 5.91 Å². The minimum Gasteiger partial charge on any atom is -0.325 e. The smallest absolute Gasteiger partial charge is 0.263 e. The van der Waals surface area contributed by atoms with Gasteiger partial charge in [-0.2, -0.15) is 0 Å². The third-order valence-corrected chi connectivity index (χ3v) is 3.82. The molecule has 0 N–H and O–H groups in total. The standard InChI is InChI=1S/C17H16FNO/c1-17(18)15(14-10-6-3-7-11-14)19(16(17)20)12-13-8-4-2-5-9-13/h2-11,15H,12H2,1H3/t15-,17+/m0/s1. The minimum atomic E-state index is -1.81. The Kier molecular flexibility index (Phi) is 3.05. The number of benzene rings is 2. The maximum Gasteiger partial charge on any atom is 0.263 e. The molecule has 0 unspecified atom stereocenters. The number of likely N-dealkylation sites (tertiary alicyclic amines) is 1. The van der Waals surface area contributed by atoms with Crippen molar-refractivity contribution in [2.45, 2.75) is 25.2 Å². The van der Waals surface area contributed by atoms with Gasteiger partial charge in [-0.15, -0.1) is 0 Å². The van der Waals surface area contributed by atoms with Gasteiger partial charge in [-0.25, -0.2) is 4.39 Å². The molecule has 3 rings (SSSR count). The summed E-state index contributed by atoms with van der Waals surface area (Å²) in [4.78, 5) is 13.6. The van der Waals surface area contributed by atoms with Crippen LogP contribution in [0.15, 0.2) is 60.7 Å². The first-order chi connectivity index (χ1) is 9.60. The van der Waals surface area contributed by atoms with Crippen molar-refractivity contribution >= 4 is 5.91 Å². The Hall–Kier alpha value is -2.16. The number of amides is 1. The molecule has 1 aliphatic heterocycles. The molecule has 1 saturated heterocycles. The second kappa shape index (κ2) is 4.75. The maximum absolute atomic E-state index is 14.5. The van der Waals surface area contributed by atoms with Crippen LogP contribution in [-0.2, 0) is 11.3 Å². The number of rotatable bonds is 3. The molecule has 1 heterocycles. The van der Waals surface area contributed by atoms with Gasteiger partial charge in [-0.05, 0) is 18.1 Å². The van der Waals surface area contributed by atoms with Gasteiger partial charge in [-0.3, -0.25) is 4.79 Å². The van der Waals surface area contributed by atoms with E-state index in [4.69, 9.17) is 0 Å². The Balaban J connectivity index is 1.88. The molecule has 3 heteroatoms. The third-order valence-electron chi connectivity index (χ3n) is 3.82. The highest BCUT2D eigenvalue weighted by molar-refractivity contribution is 5.92. The number of hydrogen-bond acceptors (Lipinski definition) is 1. The topological polar surface area (TPSA) is 20.3 Å². The van der Waals surface area contributed by atoms with Crippen molar-refractivity contribution in [3.63, 3.8) is 0 Å². The highest BCUT2D eigenvalue weighted by atomic mass is 19.1. The van der Waals surface area contributed by atoms with Crippen molar-refractivity contribution in [1.29, 1.82) is 0 Å². The van der Waals surface area contributed by atoms with E-state index in [2.05, 4.69) is 0 Å². The first-order valence-corrected chi connectivity index (χ1v) is 6.69. The predicted octanol–water partition coefficient (Wildman–Crippen LogP) is 3.50. The summed E-state index contributed by atoms with van der Waals surface area (Å²) < 4.78 is 14.5. The van der Waals surface area contributed by atoms with E-state index in [0.29, 0.717) is 6.54 Å². The fourth-order valence-electron chi connectivity index (χ4n) is 2.81. The summed E-state index contributed by atoms with van der Waals surface area (Å²) >= 11 is 0. The highest BCUT2D eigenvalue weighted by Gasteiger charge is 2.58. The lowest BCUT2D eigenvalue weighted by Gasteiger charge is -2.50. The number of nitrogens with zero attached hydrogens (tertiary/aromatic N) is 1. The minimum absolute atomic E-state index is 0.435. The van der Waals surface area contributed by atoms with Crippen LogP contribution in [0.4, 0.5) is 4.39 Å². The van der Waals surface area contributed by atoms with E-state index < -0.39 is 17.6 Å². The number of β-lactam (4-membered cyclic amide) rings is 1. The van der Waals surface area contributed by atoms with Crippen LogP contribution in [0.2, 0.25) is 0 Å².